The van der Waals surface area contributed by atoms with Crippen molar-refractivity contribution in [2.75, 3.05) is 13.7 Å². The Labute approximate surface area is 165 Å². The van der Waals surface area contributed by atoms with E-state index in [2.05, 4.69) is 35.5 Å². The molecule has 2 aliphatic heterocycles. The van der Waals surface area contributed by atoms with Gasteiger partial charge in [-0.15, -0.1) is 6.58 Å². The summed E-state index contributed by atoms with van der Waals surface area (Å²) in [5, 5.41) is 1.44. The van der Waals surface area contributed by atoms with Gasteiger partial charge in [-0.1, -0.05) is 24.8 Å². The van der Waals surface area contributed by atoms with E-state index in [0.29, 0.717) is 11.8 Å². The maximum atomic E-state index is 12.7. The van der Waals surface area contributed by atoms with Gasteiger partial charge in [0.25, 0.3) is 5.24 Å². The van der Waals surface area contributed by atoms with Crippen molar-refractivity contribution < 1.29 is 9.53 Å². The Balaban J connectivity index is 1.72. The van der Waals surface area contributed by atoms with Crippen LogP contribution >= 0.6 is 11.8 Å². The molecule has 1 amide bonds. The number of pyridine rings is 1. The highest BCUT2D eigenvalue weighted by atomic mass is 32.2. The lowest BCUT2D eigenvalue weighted by molar-refractivity contribution is 0.133. The molecule has 4 rings (SSSR count). The average Bonchev–Trinajstić information content (AvgIpc) is 3.04. The predicted octanol–water partition coefficient (Wildman–Crippen LogP) is 5.44. The molecular weight excluding hydrogens is 356 g/mol. The van der Waals surface area contributed by atoms with Crippen LogP contribution in [0, 0.1) is 11.8 Å². The SMILES string of the molecule is C=C[C@@H](CC)[C@H]1CCN2C(=O)S[C@@H](c3ccnc4ccc(OC)cc34)C2C1. The van der Waals surface area contributed by atoms with E-state index < -0.39 is 0 Å². The van der Waals surface area contributed by atoms with Crippen molar-refractivity contribution in [2.24, 2.45) is 11.8 Å². The van der Waals surface area contributed by atoms with Crippen LogP contribution in [0.4, 0.5) is 4.79 Å². The molecule has 0 aliphatic carbocycles. The Bertz CT molecular complexity index is 869. The molecule has 0 N–H and O–H groups in total. The summed E-state index contributed by atoms with van der Waals surface area (Å²) in [7, 11) is 1.68. The lowest BCUT2D eigenvalue weighted by atomic mass is 9.78. The van der Waals surface area contributed by atoms with E-state index in [1.807, 2.05) is 24.4 Å². The minimum Gasteiger partial charge on any atom is -0.497 e. The molecule has 2 aliphatic rings. The number of hydrogen-bond acceptors (Lipinski definition) is 4. The smallest absolute Gasteiger partial charge is 0.282 e. The second kappa shape index (κ2) is 7.55. The third kappa shape index (κ3) is 3.22. The van der Waals surface area contributed by atoms with Crippen LogP contribution in [0.5, 0.6) is 5.75 Å². The molecule has 2 fully saturated rings. The molecule has 27 heavy (non-hydrogen) atoms. The lowest BCUT2D eigenvalue weighted by Gasteiger charge is -2.39. The third-order valence-corrected chi connectivity index (χ3v) is 7.42. The van der Waals surface area contributed by atoms with Crippen LogP contribution in [0.15, 0.2) is 43.1 Å². The number of ether oxygens (including phenoxy) is 1. The van der Waals surface area contributed by atoms with Crippen LogP contribution in [-0.2, 0) is 0 Å². The summed E-state index contributed by atoms with van der Waals surface area (Å²) < 4.78 is 5.42. The molecule has 0 saturated carbocycles. The number of thioether (sulfide) groups is 1. The zero-order chi connectivity index (χ0) is 19.0. The highest BCUT2D eigenvalue weighted by molar-refractivity contribution is 8.14. The zero-order valence-corrected chi connectivity index (χ0v) is 16.7. The molecular formula is C22H26N2O2S. The van der Waals surface area contributed by atoms with E-state index >= 15 is 0 Å². The number of benzene rings is 1. The Morgan fingerprint density at radius 2 is 2.30 bits per heavy atom. The second-order valence-corrected chi connectivity index (χ2v) is 8.53. The normalized spacial score (nSPS) is 26.1. The molecule has 2 saturated heterocycles. The van der Waals surface area contributed by atoms with Gasteiger partial charge < -0.3 is 9.64 Å². The summed E-state index contributed by atoms with van der Waals surface area (Å²) in [5.41, 5.74) is 2.14. The summed E-state index contributed by atoms with van der Waals surface area (Å²) in [4.78, 5) is 19.3. The van der Waals surface area contributed by atoms with Gasteiger partial charge in [0.2, 0.25) is 0 Å². The number of allylic oxidation sites excluding steroid dienone is 1. The second-order valence-electron chi connectivity index (χ2n) is 7.44. The molecule has 1 aromatic heterocycles. The van der Waals surface area contributed by atoms with Crippen molar-refractivity contribution in [3.8, 4) is 5.75 Å². The fraction of sp³-hybridized carbons (Fsp3) is 0.455. The highest BCUT2D eigenvalue weighted by Crippen LogP contribution is 2.50. The number of nitrogens with zero attached hydrogens (tertiary/aromatic N) is 2. The van der Waals surface area contributed by atoms with Gasteiger partial charge in [0.15, 0.2) is 0 Å². The molecule has 1 aromatic carbocycles. The van der Waals surface area contributed by atoms with Crippen LogP contribution in [0.3, 0.4) is 0 Å². The van der Waals surface area contributed by atoms with Crippen LogP contribution in [0.2, 0.25) is 0 Å². The van der Waals surface area contributed by atoms with E-state index in [1.165, 1.54) is 17.3 Å². The fourth-order valence-corrected chi connectivity index (χ4v) is 6.00. The summed E-state index contributed by atoms with van der Waals surface area (Å²) >= 11 is 1.47. The summed E-state index contributed by atoms with van der Waals surface area (Å²) in [6.45, 7) is 7.12. The summed E-state index contributed by atoms with van der Waals surface area (Å²) in [5.74, 6) is 1.95. The largest absolute Gasteiger partial charge is 0.497 e. The summed E-state index contributed by atoms with van der Waals surface area (Å²) in [6, 6.07) is 8.29. The van der Waals surface area contributed by atoms with E-state index in [4.69, 9.17) is 4.74 Å². The van der Waals surface area contributed by atoms with Gasteiger partial charge in [-0.05, 0) is 60.9 Å². The van der Waals surface area contributed by atoms with Gasteiger partial charge in [0, 0.05) is 24.2 Å². The Morgan fingerprint density at radius 1 is 1.44 bits per heavy atom. The number of piperidine rings is 1. The number of methoxy groups -OCH3 is 1. The number of carbonyl (C=O) groups is 1. The number of rotatable bonds is 5. The van der Waals surface area contributed by atoms with Crippen molar-refractivity contribution >= 4 is 27.9 Å². The predicted molar refractivity (Wildman–Crippen MR) is 111 cm³/mol. The number of aromatic nitrogens is 1. The standard InChI is InChI=1S/C22H26N2O2S/c1-4-14(5-2)15-9-11-24-20(12-15)21(27-22(24)25)17-8-10-23-19-7-6-16(26-3)13-18(17)19/h4,6-8,10,13-15,20-21H,1,5,9,11-12H2,2-3H3/t14-,15-,20?,21-/m0/s1. The van der Waals surface area contributed by atoms with Gasteiger partial charge in [-0.2, -0.15) is 0 Å². The first-order valence-electron chi connectivity index (χ1n) is 9.68. The first-order valence-corrected chi connectivity index (χ1v) is 10.6. The number of amides is 1. The quantitative estimate of drug-likeness (QED) is 0.646. The maximum absolute atomic E-state index is 12.7. The van der Waals surface area contributed by atoms with Crippen molar-refractivity contribution in [3.63, 3.8) is 0 Å². The Hall–Kier alpha value is -2.01. The van der Waals surface area contributed by atoms with Gasteiger partial charge in [0.1, 0.15) is 5.75 Å². The van der Waals surface area contributed by atoms with Crippen molar-refractivity contribution in [1.82, 2.24) is 9.88 Å². The molecule has 142 valence electrons. The molecule has 0 bridgehead atoms. The molecule has 2 aromatic rings. The van der Waals surface area contributed by atoms with E-state index in [9.17, 15) is 4.79 Å². The first kappa shape index (κ1) is 18.4. The Kier molecular flexibility index (Phi) is 5.13. The van der Waals surface area contributed by atoms with Crippen molar-refractivity contribution in [1.29, 1.82) is 0 Å². The minimum atomic E-state index is 0.139. The van der Waals surface area contributed by atoms with Gasteiger partial charge >= 0.3 is 0 Å². The van der Waals surface area contributed by atoms with Crippen LogP contribution < -0.4 is 4.74 Å². The lowest BCUT2D eigenvalue weighted by Crippen LogP contribution is -2.43. The monoisotopic (exact) mass is 382 g/mol. The molecule has 3 heterocycles. The number of hydrogen-bond donors (Lipinski definition) is 0. The zero-order valence-electron chi connectivity index (χ0n) is 15.9. The fourth-order valence-electron chi connectivity index (χ4n) is 4.67. The van der Waals surface area contributed by atoms with Crippen molar-refractivity contribution in [3.05, 3.63) is 48.7 Å². The molecule has 0 radical (unpaired) electrons. The third-order valence-electron chi connectivity index (χ3n) is 6.17. The molecule has 4 nitrogen and oxygen atoms in total. The summed E-state index contributed by atoms with van der Waals surface area (Å²) in [6.07, 6.45) is 7.19. The molecule has 0 spiro atoms. The van der Waals surface area contributed by atoms with E-state index in [-0.39, 0.29) is 16.5 Å². The first-order chi connectivity index (χ1) is 13.2. The van der Waals surface area contributed by atoms with Crippen LogP contribution in [0.25, 0.3) is 10.9 Å². The maximum Gasteiger partial charge on any atom is 0.282 e. The van der Waals surface area contributed by atoms with Crippen molar-refractivity contribution in [2.45, 2.75) is 37.5 Å². The Morgan fingerprint density at radius 3 is 3.04 bits per heavy atom. The average molecular weight is 383 g/mol. The molecule has 4 atom stereocenters. The highest BCUT2D eigenvalue weighted by Gasteiger charge is 2.46. The van der Waals surface area contributed by atoms with Crippen LogP contribution in [-0.4, -0.2) is 34.8 Å². The molecule has 5 heteroatoms. The molecule has 1 unspecified atom stereocenters. The topological polar surface area (TPSA) is 42.4 Å². The minimum absolute atomic E-state index is 0.139. The van der Waals surface area contributed by atoms with Gasteiger partial charge in [-0.3, -0.25) is 9.78 Å². The number of fused-ring (bicyclic) bond motifs is 2. The van der Waals surface area contributed by atoms with E-state index in [0.717, 1.165) is 42.5 Å². The van der Waals surface area contributed by atoms with Gasteiger partial charge in [0.05, 0.1) is 17.9 Å². The van der Waals surface area contributed by atoms with E-state index in [1.54, 1.807) is 7.11 Å². The van der Waals surface area contributed by atoms with Gasteiger partial charge in [-0.25, -0.2) is 0 Å². The number of carbonyl (C=O) groups excluding carboxylic acids is 1. The van der Waals surface area contributed by atoms with Crippen LogP contribution in [0.1, 0.15) is 37.0 Å².